The van der Waals surface area contributed by atoms with Gasteiger partial charge in [0.15, 0.2) is 9.84 Å². The van der Waals surface area contributed by atoms with Crippen molar-refractivity contribution in [2.24, 2.45) is 0 Å². The van der Waals surface area contributed by atoms with E-state index in [-0.39, 0.29) is 24.7 Å². The lowest BCUT2D eigenvalue weighted by atomic mass is 10.1. The zero-order chi connectivity index (χ0) is 22.3. The van der Waals surface area contributed by atoms with Gasteiger partial charge in [-0.2, -0.15) is 0 Å². The molecule has 0 fully saturated rings. The molecule has 6 nitrogen and oxygen atoms in total. The summed E-state index contributed by atoms with van der Waals surface area (Å²) in [5.74, 6) is -0.235. The molecule has 0 saturated carbocycles. The Kier molecular flexibility index (Phi) is 8.58. The quantitative estimate of drug-likeness (QED) is 0.624. The van der Waals surface area contributed by atoms with Crippen LogP contribution in [0.25, 0.3) is 0 Å². The summed E-state index contributed by atoms with van der Waals surface area (Å²) < 4.78 is 30.9. The number of methoxy groups -OCH3 is 1. The molecule has 1 amide bonds. The first-order valence-corrected chi connectivity index (χ1v) is 11.7. The fourth-order valence-electron chi connectivity index (χ4n) is 3.17. The monoisotopic (exact) mass is 432 g/mol. The minimum absolute atomic E-state index is 0.0578. The number of ether oxygens (including phenoxy) is 1. The Labute approximate surface area is 180 Å². The summed E-state index contributed by atoms with van der Waals surface area (Å²) in [5, 5.41) is 2.93. The van der Waals surface area contributed by atoms with Crippen molar-refractivity contribution in [2.75, 3.05) is 44.4 Å². The van der Waals surface area contributed by atoms with Gasteiger partial charge in [-0.3, -0.25) is 9.69 Å². The van der Waals surface area contributed by atoms with Crippen LogP contribution in [0.1, 0.15) is 22.3 Å². The van der Waals surface area contributed by atoms with Gasteiger partial charge in [0.1, 0.15) is 0 Å². The minimum atomic E-state index is -3.45. The summed E-state index contributed by atoms with van der Waals surface area (Å²) in [4.78, 5) is 14.8. The Balaban J connectivity index is 2.07. The molecule has 0 bridgehead atoms. The highest BCUT2D eigenvalue weighted by atomic mass is 32.2. The summed E-state index contributed by atoms with van der Waals surface area (Å²) in [6.45, 7) is 8.86. The summed E-state index contributed by atoms with van der Waals surface area (Å²) >= 11 is 0. The van der Waals surface area contributed by atoms with Crippen LogP contribution in [0, 0.1) is 27.7 Å². The Bertz CT molecular complexity index is 987. The standard InChI is InChI=1S/C23H32N2O4S/c1-17-9-10-19(3)22(15-17)30(27,28)14-12-25(11-13-29-5)16-23(26)24-21-8-6-7-18(2)20(21)4/h6-10,15H,11-14,16H2,1-5H3,(H,24,26). The number of hydrogen-bond donors (Lipinski definition) is 1. The minimum Gasteiger partial charge on any atom is -0.383 e. The third kappa shape index (κ3) is 6.65. The van der Waals surface area contributed by atoms with E-state index >= 15 is 0 Å². The summed E-state index contributed by atoms with van der Waals surface area (Å²) in [6, 6.07) is 11.2. The van der Waals surface area contributed by atoms with Gasteiger partial charge in [-0.1, -0.05) is 24.3 Å². The van der Waals surface area contributed by atoms with Crippen molar-refractivity contribution in [2.45, 2.75) is 32.6 Å². The van der Waals surface area contributed by atoms with Crippen LogP contribution >= 0.6 is 0 Å². The summed E-state index contributed by atoms with van der Waals surface area (Å²) in [6.07, 6.45) is 0. The van der Waals surface area contributed by atoms with Gasteiger partial charge in [-0.05, 0) is 62.1 Å². The van der Waals surface area contributed by atoms with Crippen LogP contribution in [-0.4, -0.2) is 58.3 Å². The van der Waals surface area contributed by atoms with E-state index in [2.05, 4.69) is 5.32 Å². The predicted molar refractivity (Wildman–Crippen MR) is 121 cm³/mol. The van der Waals surface area contributed by atoms with Crippen molar-refractivity contribution in [1.29, 1.82) is 0 Å². The smallest absolute Gasteiger partial charge is 0.238 e. The van der Waals surface area contributed by atoms with Crippen molar-refractivity contribution in [3.05, 3.63) is 58.7 Å². The van der Waals surface area contributed by atoms with E-state index in [1.165, 1.54) is 0 Å². The Morgan fingerprint density at radius 3 is 2.47 bits per heavy atom. The van der Waals surface area contributed by atoms with E-state index in [9.17, 15) is 13.2 Å². The summed E-state index contributed by atoms with van der Waals surface area (Å²) in [7, 11) is -1.87. The molecule has 2 rings (SSSR count). The first-order valence-electron chi connectivity index (χ1n) is 10.0. The first-order chi connectivity index (χ1) is 14.1. The molecule has 164 valence electrons. The molecule has 30 heavy (non-hydrogen) atoms. The van der Waals surface area contributed by atoms with Crippen LogP contribution in [0.3, 0.4) is 0 Å². The number of carbonyl (C=O) groups is 1. The lowest BCUT2D eigenvalue weighted by molar-refractivity contribution is -0.117. The Hall–Kier alpha value is -2.22. The zero-order valence-corrected chi connectivity index (χ0v) is 19.3. The molecule has 0 aromatic heterocycles. The van der Waals surface area contributed by atoms with E-state index in [1.54, 1.807) is 20.1 Å². The highest BCUT2D eigenvalue weighted by molar-refractivity contribution is 7.91. The number of benzene rings is 2. The fourth-order valence-corrected chi connectivity index (χ4v) is 4.81. The lowest BCUT2D eigenvalue weighted by Gasteiger charge is -2.22. The molecule has 0 spiro atoms. The molecule has 0 saturated heterocycles. The third-order valence-electron chi connectivity index (χ3n) is 5.21. The number of sulfone groups is 1. The third-order valence-corrected chi connectivity index (χ3v) is 7.04. The van der Waals surface area contributed by atoms with E-state index in [0.29, 0.717) is 18.0 Å². The molecule has 0 aliphatic heterocycles. The molecule has 1 N–H and O–H groups in total. The molecule has 0 aliphatic carbocycles. The van der Waals surface area contributed by atoms with Crippen molar-refractivity contribution < 1.29 is 17.9 Å². The van der Waals surface area contributed by atoms with Crippen LogP contribution in [0.2, 0.25) is 0 Å². The first kappa shape index (κ1) is 24.1. The van der Waals surface area contributed by atoms with Crippen molar-refractivity contribution in [3.63, 3.8) is 0 Å². The molecule has 0 aliphatic rings. The molecule has 0 radical (unpaired) electrons. The van der Waals surface area contributed by atoms with Gasteiger partial charge in [-0.15, -0.1) is 0 Å². The Morgan fingerprint density at radius 2 is 1.77 bits per heavy atom. The maximum Gasteiger partial charge on any atom is 0.238 e. The maximum atomic E-state index is 12.9. The highest BCUT2D eigenvalue weighted by Gasteiger charge is 2.20. The number of anilines is 1. The van der Waals surface area contributed by atoms with Crippen LogP contribution in [0.4, 0.5) is 5.69 Å². The Morgan fingerprint density at radius 1 is 1.03 bits per heavy atom. The van der Waals surface area contributed by atoms with Crippen LogP contribution < -0.4 is 5.32 Å². The molecule has 7 heteroatoms. The highest BCUT2D eigenvalue weighted by Crippen LogP contribution is 2.19. The SMILES string of the molecule is COCCN(CCS(=O)(=O)c1cc(C)ccc1C)CC(=O)Nc1cccc(C)c1C. The zero-order valence-electron chi connectivity index (χ0n) is 18.5. The van der Waals surface area contributed by atoms with Crippen molar-refractivity contribution in [1.82, 2.24) is 4.90 Å². The number of hydrogen-bond acceptors (Lipinski definition) is 5. The molecular weight excluding hydrogens is 400 g/mol. The largest absolute Gasteiger partial charge is 0.383 e. The van der Waals surface area contributed by atoms with E-state index in [4.69, 9.17) is 4.74 Å². The topological polar surface area (TPSA) is 75.7 Å². The second-order valence-electron chi connectivity index (χ2n) is 7.65. The molecule has 0 atom stereocenters. The number of nitrogens with one attached hydrogen (secondary N) is 1. The molecular formula is C23H32N2O4S. The average molecular weight is 433 g/mol. The average Bonchev–Trinajstić information content (AvgIpc) is 2.69. The van der Waals surface area contributed by atoms with Gasteiger partial charge in [0, 0.05) is 25.9 Å². The van der Waals surface area contributed by atoms with Gasteiger partial charge < -0.3 is 10.1 Å². The van der Waals surface area contributed by atoms with E-state index < -0.39 is 9.84 Å². The molecule has 0 heterocycles. The normalized spacial score (nSPS) is 11.7. The fraction of sp³-hybridized carbons (Fsp3) is 0.435. The number of aryl methyl sites for hydroxylation is 3. The van der Waals surface area contributed by atoms with Gasteiger partial charge in [0.05, 0.1) is 23.8 Å². The second-order valence-corrected chi connectivity index (χ2v) is 9.73. The van der Waals surface area contributed by atoms with E-state index in [1.807, 2.05) is 56.0 Å². The number of carbonyl (C=O) groups excluding carboxylic acids is 1. The second kappa shape index (κ2) is 10.7. The number of nitrogens with zero attached hydrogens (tertiary/aromatic N) is 1. The maximum absolute atomic E-state index is 12.9. The van der Waals surface area contributed by atoms with Crippen molar-refractivity contribution in [3.8, 4) is 0 Å². The number of amides is 1. The summed E-state index contributed by atoms with van der Waals surface area (Å²) in [5.41, 5.74) is 4.53. The van der Waals surface area contributed by atoms with Gasteiger partial charge >= 0.3 is 0 Å². The molecule has 0 unspecified atom stereocenters. The van der Waals surface area contributed by atoms with Crippen LogP contribution in [0.15, 0.2) is 41.3 Å². The van der Waals surface area contributed by atoms with Crippen LogP contribution in [0.5, 0.6) is 0 Å². The molecule has 2 aromatic carbocycles. The van der Waals surface area contributed by atoms with E-state index in [0.717, 1.165) is 27.9 Å². The van der Waals surface area contributed by atoms with Crippen molar-refractivity contribution >= 4 is 21.4 Å². The van der Waals surface area contributed by atoms with Gasteiger partial charge in [0.25, 0.3) is 0 Å². The lowest BCUT2D eigenvalue weighted by Crippen LogP contribution is -2.38. The van der Waals surface area contributed by atoms with Gasteiger partial charge in [-0.25, -0.2) is 8.42 Å². The molecule has 2 aromatic rings. The van der Waals surface area contributed by atoms with Crippen LogP contribution in [-0.2, 0) is 19.4 Å². The predicted octanol–water partition coefficient (Wildman–Crippen LogP) is 3.28. The number of rotatable bonds is 10. The van der Waals surface area contributed by atoms with Gasteiger partial charge in [0.2, 0.25) is 5.91 Å².